The Bertz CT molecular complexity index is 700. The first kappa shape index (κ1) is 21.0. The van der Waals surface area contributed by atoms with E-state index in [9.17, 15) is 14.7 Å². The van der Waals surface area contributed by atoms with Gasteiger partial charge < -0.3 is 5.11 Å². The number of benzene rings is 1. The summed E-state index contributed by atoms with van der Waals surface area (Å²) in [5.74, 6) is -0.267. The van der Waals surface area contributed by atoms with Crippen molar-refractivity contribution in [3.63, 3.8) is 0 Å². The van der Waals surface area contributed by atoms with E-state index < -0.39 is 12.1 Å². The molecule has 10 heteroatoms. The summed E-state index contributed by atoms with van der Waals surface area (Å²) >= 11 is 2.65. The van der Waals surface area contributed by atoms with Crippen molar-refractivity contribution in [2.75, 3.05) is 0 Å². The minimum absolute atomic E-state index is 0.0102. The third-order valence-electron chi connectivity index (χ3n) is 4.76. The zero-order valence-corrected chi connectivity index (χ0v) is 17.6. The van der Waals surface area contributed by atoms with E-state index >= 15 is 0 Å². The van der Waals surface area contributed by atoms with E-state index in [0.29, 0.717) is 5.56 Å². The van der Waals surface area contributed by atoms with E-state index in [4.69, 9.17) is 15.6 Å². The summed E-state index contributed by atoms with van der Waals surface area (Å²) in [4.78, 5) is 34.9. The second kappa shape index (κ2) is 8.18. The van der Waals surface area contributed by atoms with E-state index in [1.807, 2.05) is 4.90 Å². The number of phenols is 1. The number of hydrogen-bond donors (Lipinski definition) is 4. The number of thioether (sulfide) groups is 1. The van der Waals surface area contributed by atoms with Crippen LogP contribution in [0.1, 0.15) is 25.5 Å². The molecule has 2 fully saturated rings. The van der Waals surface area contributed by atoms with Gasteiger partial charge in [-0.25, -0.2) is 0 Å². The number of phenolic OH excluding ortho intramolecular Hbond substituents is 1. The van der Waals surface area contributed by atoms with Crippen LogP contribution in [0.3, 0.4) is 0 Å². The molecule has 5 N–H and O–H groups in total. The topological polar surface area (TPSA) is 133 Å². The molecule has 3 rings (SSSR count). The number of aromatic hydroxyl groups is 1. The molecule has 2 saturated heterocycles. The standard InChI is InChI=1S/C15H18N3O3S.CH2O2.Na/c1-15(2)7-18-13(21)11(14(18)22-15)17-12(20)10(16)8-3-5-9(19)6-4-8;2-1-3;/h3-7,10-11,14,19H,16H2,1-2H3,(H,17,20);1H,(H,2,3);/t10?,11-,14-;;/m1../s1. The summed E-state index contributed by atoms with van der Waals surface area (Å²) in [5, 5.41) is 19.0. The fourth-order valence-electron chi connectivity index (χ4n) is 2.98. The molecule has 1 aromatic rings. The molecule has 1 aromatic carbocycles. The number of fused-ring (bicyclic) bond motifs is 1. The average Bonchev–Trinajstić information content (AvgIpc) is 2.80. The second-order valence-electron chi connectivity index (χ2n) is 6.69. The van der Waals surface area contributed by atoms with Gasteiger partial charge in [0.2, 0.25) is 0 Å². The summed E-state index contributed by atoms with van der Waals surface area (Å²) in [6.07, 6.45) is 0. The van der Waals surface area contributed by atoms with Gasteiger partial charge in [-0.2, -0.15) is 0 Å². The Labute approximate surface area is 172 Å². The molecule has 4 atom stereocenters. The van der Waals surface area contributed by atoms with Crippen molar-refractivity contribution >= 4 is 58.0 Å². The summed E-state index contributed by atoms with van der Waals surface area (Å²) in [6.45, 7) is 4.03. The van der Waals surface area contributed by atoms with Crippen molar-refractivity contribution in [3.05, 3.63) is 29.8 Å². The van der Waals surface area contributed by atoms with Crippen LogP contribution in [0.15, 0.2) is 24.3 Å². The van der Waals surface area contributed by atoms with Crippen molar-refractivity contribution in [1.82, 2.24) is 10.2 Å². The monoisotopic (exact) mass is 389 g/mol. The van der Waals surface area contributed by atoms with Gasteiger partial charge in [0.05, 0.1) is 0 Å². The van der Waals surface area contributed by atoms with Crippen LogP contribution in [0, 0.1) is 0 Å². The van der Waals surface area contributed by atoms with Crippen molar-refractivity contribution in [3.8, 4) is 5.75 Å². The Hall–Kier alpha value is -1.26. The number of amides is 2. The zero-order chi connectivity index (χ0) is 19.6. The smallest absolute Gasteiger partial charge is 0.290 e. The summed E-state index contributed by atoms with van der Waals surface area (Å²) in [6, 6.07) is 4.84. The van der Waals surface area contributed by atoms with Gasteiger partial charge in [0.25, 0.3) is 6.47 Å². The molecule has 2 aliphatic rings. The number of nitrogens with zero attached hydrogens (tertiary/aromatic N) is 1. The van der Waals surface area contributed by atoms with Gasteiger partial charge in [-0.1, -0.05) is 0 Å². The van der Waals surface area contributed by atoms with Gasteiger partial charge in [-0.3, -0.25) is 4.79 Å². The van der Waals surface area contributed by atoms with Crippen molar-refractivity contribution in [2.24, 2.45) is 5.73 Å². The summed E-state index contributed by atoms with van der Waals surface area (Å²) in [5.41, 5.74) is 6.56. The summed E-state index contributed by atoms with van der Waals surface area (Å²) in [7, 11) is 0. The molecule has 0 bridgehead atoms. The van der Waals surface area contributed by atoms with Crippen LogP contribution in [0.5, 0.6) is 5.75 Å². The third kappa shape index (κ3) is 4.01. The molecule has 0 spiro atoms. The molecule has 26 heavy (non-hydrogen) atoms. The number of nitrogens with one attached hydrogen (secondary N) is 1. The number of nitrogens with two attached hydrogens (primary N) is 1. The average molecular weight is 389 g/mol. The van der Waals surface area contributed by atoms with Crippen LogP contribution < -0.4 is 11.1 Å². The van der Waals surface area contributed by atoms with E-state index in [1.54, 1.807) is 23.9 Å². The molecule has 2 heterocycles. The van der Waals surface area contributed by atoms with Gasteiger partial charge in [0.1, 0.15) is 0 Å². The number of carbonyl (C=O) groups excluding carboxylic acids is 2. The Morgan fingerprint density at radius 1 is 1.42 bits per heavy atom. The molecule has 0 aromatic heterocycles. The van der Waals surface area contributed by atoms with Gasteiger partial charge in [-0.15, -0.1) is 0 Å². The van der Waals surface area contributed by atoms with Gasteiger partial charge in [0.15, 0.2) is 0 Å². The number of hydrogen-bond acceptors (Lipinski definition) is 6. The van der Waals surface area contributed by atoms with Crippen LogP contribution in [-0.4, -0.2) is 80.8 Å². The first-order valence-electron chi connectivity index (χ1n) is 8.06. The molecule has 136 valence electrons. The van der Waals surface area contributed by atoms with E-state index in [2.05, 4.69) is 19.2 Å². The third-order valence-corrected chi connectivity index (χ3v) is 8.87. The maximum Gasteiger partial charge on any atom is 0.290 e. The molecule has 0 radical (unpaired) electrons. The van der Waals surface area contributed by atoms with Crippen LogP contribution in [0.4, 0.5) is 0 Å². The van der Waals surface area contributed by atoms with Crippen molar-refractivity contribution in [2.45, 2.75) is 39.3 Å². The maximum absolute atomic E-state index is 12.3. The maximum atomic E-state index is 12.3. The predicted molar refractivity (Wildman–Crippen MR) is 97.5 cm³/mol. The number of carboxylic acid groups (broad SMARTS) is 1. The van der Waals surface area contributed by atoms with E-state index in [-0.39, 0.29) is 37.4 Å². The quantitative estimate of drug-likeness (QED) is 0.319. The van der Waals surface area contributed by atoms with Crippen LogP contribution in [0.2, 0.25) is 0 Å². The number of carbonyl (C=O) groups is 3. The normalized spacial score (nSPS) is 26.7. The van der Waals surface area contributed by atoms with Gasteiger partial charge in [0, 0.05) is 0 Å². The second-order valence-corrected chi connectivity index (χ2v) is 9.56. The van der Waals surface area contributed by atoms with E-state index in [0.717, 1.165) is 27.9 Å². The zero-order valence-electron chi connectivity index (χ0n) is 14.7. The molecule has 0 saturated carbocycles. The fraction of sp³-hybridized carbons (Fsp3) is 0.438. The molecular weight excluding hydrogens is 369 g/mol. The molecular formula is C16H20N3NaO5S. The first-order chi connectivity index (χ1) is 12.1. The Kier molecular flexibility index (Phi) is 6.62. The SMILES string of the molecule is CC1(C)S[C@@H]2[C@H](NC(=O)C(N)c3ccc(O)cc3)C(=O)N2[C@H]1[Na].O=CO. The van der Waals surface area contributed by atoms with Gasteiger partial charge in [-0.05, 0) is 0 Å². The van der Waals surface area contributed by atoms with Crippen LogP contribution in [-0.2, 0) is 14.4 Å². The Morgan fingerprint density at radius 3 is 2.50 bits per heavy atom. The summed E-state index contributed by atoms with van der Waals surface area (Å²) < 4.78 is 0.314. The number of rotatable bonds is 3. The van der Waals surface area contributed by atoms with Crippen LogP contribution >= 0.6 is 11.8 Å². The molecule has 1 unspecified atom stereocenters. The Balaban J connectivity index is 0.000000758. The largest absolute Gasteiger partial charge is 0.483 e. The predicted octanol–water partition coefficient (Wildman–Crippen LogP) is -0.234. The molecule has 8 nitrogen and oxygen atoms in total. The minimum atomic E-state index is -0.858. The number of β-lactam (4-membered cyclic amide) rings is 1. The minimum Gasteiger partial charge on any atom is -0.483 e. The van der Waals surface area contributed by atoms with E-state index in [1.165, 1.54) is 12.1 Å². The van der Waals surface area contributed by atoms with Crippen molar-refractivity contribution < 1.29 is 24.6 Å². The van der Waals surface area contributed by atoms with Crippen molar-refractivity contribution in [1.29, 1.82) is 0 Å². The fourth-order valence-corrected chi connectivity index (χ4v) is 5.83. The van der Waals surface area contributed by atoms with Crippen LogP contribution in [0.25, 0.3) is 0 Å². The van der Waals surface area contributed by atoms with Gasteiger partial charge >= 0.3 is 157 Å². The molecule has 2 aliphatic heterocycles. The molecule has 2 amide bonds. The molecule has 0 aliphatic carbocycles. The Morgan fingerprint density at radius 2 is 1.96 bits per heavy atom. The first-order valence-corrected chi connectivity index (χ1v) is 10.1.